The van der Waals surface area contributed by atoms with Gasteiger partial charge in [0.05, 0.1) is 6.54 Å². The first-order chi connectivity index (χ1) is 8.42. The van der Waals surface area contributed by atoms with Crippen LogP contribution in [0.5, 0.6) is 0 Å². The van der Waals surface area contributed by atoms with Crippen LogP contribution in [0.25, 0.3) is 0 Å². The summed E-state index contributed by atoms with van der Waals surface area (Å²) in [6.45, 7) is 4.99. The second kappa shape index (κ2) is 7.34. The molecule has 1 saturated carbocycles. The van der Waals surface area contributed by atoms with Crippen molar-refractivity contribution in [3.63, 3.8) is 0 Å². The van der Waals surface area contributed by atoms with E-state index in [-0.39, 0.29) is 6.04 Å². The molecule has 1 fully saturated rings. The fraction of sp³-hybridized carbons (Fsp3) is 1.00. The van der Waals surface area contributed by atoms with Crippen LogP contribution in [-0.2, 0) is 0 Å². The molecule has 1 rings (SSSR count). The largest absolute Gasteiger partial charge is 0.401 e. The lowest BCUT2D eigenvalue weighted by Gasteiger charge is -2.23. The zero-order valence-corrected chi connectivity index (χ0v) is 11.4. The molecule has 0 aliphatic heterocycles. The Morgan fingerprint density at radius 1 is 1.28 bits per heavy atom. The van der Waals surface area contributed by atoms with E-state index in [9.17, 15) is 13.2 Å². The predicted octanol–water partition coefficient (Wildman–Crippen LogP) is 3.18. The minimum Gasteiger partial charge on any atom is -0.315 e. The van der Waals surface area contributed by atoms with Crippen LogP contribution in [0.4, 0.5) is 13.2 Å². The molecule has 2 nitrogen and oxygen atoms in total. The number of halogens is 3. The quantitative estimate of drug-likeness (QED) is 0.645. The molecule has 18 heavy (non-hydrogen) atoms. The number of nitrogens with one attached hydrogen (secondary N) is 1. The van der Waals surface area contributed by atoms with E-state index >= 15 is 0 Å². The lowest BCUT2D eigenvalue weighted by molar-refractivity contribution is -0.147. The van der Waals surface area contributed by atoms with Crippen LogP contribution >= 0.6 is 0 Å². The molecule has 0 amide bonds. The van der Waals surface area contributed by atoms with E-state index in [2.05, 4.69) is 19.2 Å². The Kier molecular flexibility index (Phi) is 6.43. The van der Waals surface area contributed by atoms with Gasteiger partial charge < -0.3 is 5.32 Å². The van der Waals surface area contributed by atoms with Crippen LogP contribution in [-0.4, -0.2) is 42.8 Å². The topological polar surface area (TPSA) is 15.3 Å². The summed E-state index contributed by atoms with van der Waals surface area (Å²) in [7, 11) is 0. The lowest BCUT2D eigenvalue weighted by atomic mass is 10.1. The molecule has 5 heteroatoms. The Morgan fingerprint density at radius 2 is 1.94 bits per heavy atom. The highest BCUT2D eigenvalue weighted by molar-refractivity contribution is 4.85. The third kappa shape index (κ3) is 7.21. The molecule has 0 saturated heterocycles. The molecule has 0 aromatic rings. The van der Waals surface area contributed by atoms with Crippen LogP contribution in [0.3, 0.4) is 0 Å². The first kappa shape index (κ1) is 15.8. The van der Waals surface area contributed by atoms with Gasteiger partial charge in [-0.1, -0.05) is 13.3 Å². The smallest absolute Gasteiger partial charge is 0.315 e. The van der Waals surface area contributed by atoms with Crippen molar-refractivity contribution in [2.24, 2.45) is 0 Å². The monoisotopic (exact) mass is 266 g/mol. The molecule has 1 N–H and O–H groups in total. The zero-order chi connectivity index (χ0) is 13.6. The van der Waals surface area contributed by atoms with Gasteiger partial charge in [0.1, 0.15) is 0 Å². The van der Waals surface area contributed by atoms with Crippen LogP contribution in [0.1, 0.15) is 46.0 Å². The highest BCUT2D eigenvalue weighted by atomic mass is 19.4. The first-order valence-electron chi connectivity index (χ1n) is 6.96. The van der Waals surface area contributed by atoms with Gasteiger partial charge in [0.15, 0.2) is 0 Å². The Bertz CT molecular complexity index is 227. The second-order valence-corrected chi connectivity index (χ2v) is 5.27. The fourth-order valence-electron chi connectivity index (χ4n) is 2.28. The summed E-state index contributed by atoms with van der Waals surface area (Å²) in [6.07, 6.45) is 0.712. The van der Waals surface area contributed by atoms with Gasteiger partial charge in [-0.25, -0.2) is 0 Å². The summed E-state index contributed by atoms with van der Waals surface area (Å²) in [4.78, 5) is 1.61. The average Bonchev–Trinajstić information content (AvgIpc) is 3.05. The maximum absolute atomic E-state index is 12.4. The maximum atomic E-state index is 12.4. The molecule has 0 aromatic heterocycles. The fourth-order valence-corrected chi connectivity index (χ4v) is 2.28. The average molecular weight is 266 g/mol. The lowest BCUT2D eigenvalue weighted by Crippen LogP contribution is -2.36. The molecule has 1 aliphatic carbocycles. The molecule has 108 valence electrons. The number of nitrogens with zero attached hydrogens (tertiary/aromatic N) is 1. The Hall–Kier alpha value is -0.290. The van der Waals surface area contributed by atoms with E-state index in [0.29, 0.717) is 12.6 Å². The summed E-state index contributed by atoms with van der Waals surface area (Å²) >= 11 is 0. The van der Waals surface area contributed by atoms with Crippen molar-refractivity contribution < 1.29 is 13.2 Å². The van der Waals surface area contributed by atoms with Crippen molar-refractivity contribution in [3.05, 3.63) is 0 Å². The summed E-state index contributed by atoms with van der Waals surface area (Å²) in [5.74, 6) is 0. The van der Waals surface area contributed by atoms with Gasteiger partial charge in [0, 0.05) is 12.1 Å². The number of hydrogen-bond acceptors (Lipinski definition) is 2. The standard InChI is InChI=1S/C13H25F3N2/c1-3-17-11(2)6-4-5-9-18(12-7-8-12)10-13(14,15)16/h11-12,17H,3-10H2,1-2H3. The molecule has 1 aliphatic rings. The first-order valence-corrected chi connectivity index (χ1v) is 6.96. The Labute approximate surface area is 108 Å². The van der Waals surface area contributed by atoms with Gasteiger partial charge in [0.2, 0.25) is 0 Å². The van der Waals surface area contributed by atoms with Crippen molar-refractivity contribution in [2.75, 3.05) is 19.6 Å². The highest BCUT2D eigenvalue weighted by Crippen LogP contribution is 2.30. The van der Waals surface area contributed by atoms with Crippen LogP contribution in [0.15, 0.2) is 0 Å². The second-order valence-electron chi connectivity index (χ2n) is 5.27. The Balaban J connectivity index is 2.14. The summed E-state index contributed by atoms with van der Waals surface area (Å²) in [5.41, 5.74) is 0. The molecule has 0 aromatic carbocycles. The van der Waals surface area contributed by atoms with Crippen molar-refractivity contribution in [1.29, 1.82) is 0 Å². The van der Waals surface area contributed by atoms with Gasteiger partial charge in [0.25, 0.3) is 0 Å². The summed E-state index contributed by atoms with van der Waals surface area (Å²) < 4.78 is 37.1. The van der Waals surface area contributed by atoms with Gasteiger partial charge in [-0.3, -0.25) is 4.90 Å². The van der Waals surface area contributed by atoms with Crippen LogP contribution < -0.4 is 5.32 Å². The molecular weight excluding hydrogens is 241 g/mol. The number of unbranched alkanes of at least 4 members (excludes halogenated alkanes) is 1. The predicted molar refractivity (Wildman–Crippen MR) is 67.6 cm³/mol. The van der Waals surface area contributed by atoms with E-state index in [1.54, 1.807) is 4.90 Å². The molecule has 0 heterocycles. The highest BCUT2D eigenvalue weighted by Gasteiger charge is 2.37. The molecule has 0 spiro atoms. The summed E-state index contributed by atoms with van der Waals surface area (Å²) in [6, 6.07) is 0.657. The minimum absolute atomic E-state index is 0.192. The van der Waals surface area contributed by atoms with E-state index < -0.39 is 12.7 Å². The third-order valence-corrected chi connectivity index (χ3v) is 3.33. The van der Waals surface area contributed by atoms with E-state index in [0.717, 1.165) is 38.6 Å². The van der Waals surface area contributed by atoms with Gasteiger partial charge in [-0.05, 0) is 45.7 Å². The van der Waals surface area contributed by atoms with Crippen molar-refractivity contribution in [1.82, 2.24) is 10.2 Å². The maximum Gasteiger partial charge on any atom is 0.401 e. The number of hydrogen-bond donors (Lipinski definition) is 1. The van der Waals surface area contributed by atoms with Crippen molar-refractivity contribution in [2.45, 2.75) is 64.2 Å². The van der Waals surface area contributed by atoms with Gasteiger partial charge in [-0.15, -0.1) is 0 Å². The number of rotatable bonds is 9. The van der Waals surface area contributed by atoms with Crippen LogP contribution in [0, 0.1) is 0 Å². The van der Waals surface area contributed by atoms with Crippen molar-refractivity contribution in [3.8, 4) is 0 Å². The SMILES string of the molecule is CCNC(C)CCCCN(CC(F)(F)F)C1CC1. The van der Waals surface area contributed by atoms with E-state index in [4.69, 9.17) is 0 Å². The van der Waals surface area contributed by atoms with E-state index in [1.165, 1.54) is 0 Å². The van der Waals surface area contributed by atoms with E-state index in [1.807, 2.05) is 0 Å². The van der Waals surface area contributed by atoms with Crippen molar-refractivity contribution >= 4 is 0 Å². The molecular formula is C13H25F3N2. The molecule has 1 atom stereocenters. The third-order valence-electron chi connectivity index (χ3n) is 3.33. The summed E-state index contributed by atoms with van der Waals surface area (Å²) in [5, 5.41) is 3.31. The Morgan fingerprint density at radius 3 is 2.44 bits per heavy atom. The number of alkyl halides is 3. The molecule has 0 radical (unpaired) electrons. The van der Waals surface area contributed by atoms with Crippen LogP contribution in [0.2, 0.25) is 0 Å². The van der Waals surface area contributed by atoms with Gasteiger partial charge in [-0.2, -0.15) is 13.2 Å². The minimum atomic E-state index is -4.06. The molecule has 1 unspecified atom stereocenters. The van der Waals surface area contributed by atoms with Gasteiger partial charge >= 0.3 is 6.18 Å². The normalized spacial score (nSPS) is 18.3. The zero-order valence-electron chi connectivity index (χ0n) is 11.4. The molecule has 0 bridgehead atoms.